The second-order valence-corrected chi connectivity index (χ2v) is 8.65. The number of carbonyl (C=O) groups excluding carboxylic acids is 1. The summed E-state index contributed by atoms with van der Waals surface area (Å²) < 4.78 is 37.2. The van der Waals surface area contributed by atoms with Crippen molar-refractivity contribution >= 4 is 16.1 Å². The van der Waals surface area contributed by atoms with Crippen LogP contribution in [0.1, 0.15) is 20.8 Å². The minimum absolute atomic E-state index is 0.00836. The van der Waals surface area contributed by atoms with Crippen LogP contribution in [0, 0.1) is 17.3 Å². The summed E-state index contributed by atoms with van der Waals surface area (Å²) in [4.78, 5) is 13.0. The van der Waals surface area contributed by atoms with Crippen molar-refractivity contribution in [3.05, 3.63) is 58.8 Å². The molecule has 0 spiro atoms. The smallest absolute Gasteiger partial charge is 0.302 e. The minimum Gasteiger partial charge on any atom is -0.464 e. The highest BCUT2D eigenvalue weighted by molar-refractivity contribution is 7.90. The summed E-state index contributed by atoms with van der Waals surface area (Å²) in [6, 6.07) is 0. The van der Waals surface area contributed by atoms with Gasteiger partial charge in [-0.15, -0.1) is 0 Å². The topological polar surface area (TPSA) is 83.9 Å². The van der Waals surface area contributed by atoms with Crippen LogP contribution in [-0.2, 0) is 19.6 Å². The van der Waals surface area contributed by atoms with Gasteiger partial charge in [-0.1, -0.05) is 38.7 Å². The molecule has 0 saturated carbocycles. The average molecular weight is 377 g/mol. The van der Waals surface area contributed by atoms with E-state index in [2.05, 4.69) is 25.3 Å². The maximum Gasteiger partial charge on any atom is 0.302 e. The third-order valence-corrected chi connectivity index (χ3v) is 6.12. The van der Waals surface area contributed by atoms with E-state index in [9.17, 15) is 17.8 Å². The molecule has 1 heterocycles. The molecular formula is C19H23NO5S. The lowest BCUT2D eigenvalue weighted by atomic mass is 9.69. The van der Waals surface area contributed by atoms with E-state index in [-0.39, 0.29) is 34.7 Å². The molecule has 0 fully saturated rings. The van der Waals surface area contributed by atoms with Gasteiger partial charge in [-0.3, -0.25) is 9.35 Å². The van der Waals surface area contributed by atoms with E-state index >= 15 is 0 Å². The Balaban J connectivity index is 1.93. The number of allylic oxidation sites excluding steroid dienone is 6. The normalized spacial score (nSPS) is 26.5. The van der Waals surface area contributed by atoms with E-state index in [1.807, 2.05) is 18.2 Å². The zero-order chi connectivity index (χ0) is 19.3. The van der Waals surface area contributed by atoms with Crippen LogP contribution in [0.15, 0.2) is 58.8 Å². The molecular weight excluding hydrogens is 354 g/mol. The van der Waals surface area contributed by atoms with E-state index in [0.717, 1.165) is 17.0 Å². The molecule has 1 N–H and O–H groups in total. The Morgan fingerprint density at radius 2 is 2.04 bits per heavy atom. The number of carbonyl (C=O) groups is 1. The van der Waals surface area contributed by atoms with Crippen LogP contribution in [0.25, 0.3) is 0 Å². The van der Waals surface area contributed by atoms with E-state index < -0.39 is 10.1 Å². The van der Waals surface area contributed by atoms with Crippen molar-refractivity contribution in [2.24, 2.45) is 17.3 Å². The first-order valence-electron chi connectivity index (χ1n) is 8.44. The lowest BCUT2D eigenvalue weighted by Crippen LogP contribution is -2.27. The monoisotopic (exact) mass is 377 g/mol. The molecule has 3 aliphatic rings. The van der Waals surface area contributed by atoms with Crippen molar-refractivity contribution in [2.45, 2.75) is 20.8 Å². The molecule has 0 amide bonds. The molecule has 0 aromatic carbocycles. The summed E-state index contributed by atoms with van der Waals surface area (Å²) in [5.41, 5.74) is 2.77. The van der Waals surface area contributed by atoms with Crippen molar-refractivity contribution in [3.63, 3.8) is 0 Å². The average Bonchev–Trinajstić information content (AvgIpc) is 2.74. The summed E-state index contributed by atoms with van der Waals surface area (Å²) in [5.74, 6) is -0.470. The number of hydrogen-bond acceptors (Lipinski definition) is 5. The molecule has 1 aliphatic heterocycles. The summed E-state index contributed by atoms with van der Waals surface area (Å²) in [6.07, 6.45) is 8.77. The largest absolute Gasteiger partial charge is 0.464 e. The highest BCUT2D eigenvalue weighted by atomic mass is 32.2. The van der Waals surface area contributed by atoms with Gasteiger partial charge in [0.2, 0.25) is 0 Å². The van der Waals surface area contributed by atoms with Crippen LogP contribution in [-0.4, -0.2) is 37.0 Å². The van der Waals surface area contributed by atoms with Crippen molar-refractivity contribution < 1.29 is 22.5 Å². The lowest BCUT2D eigenvalue weighted by molar-refractivity contribution is -0.141. The Labute approximate surface area is 154 Å². The lowest BCUT2D eigenvalue weighted by Gasteiger charge is -2.34. The van der Waals surface area contributed by atoms with Gasteiger partial charge in [0.1, 0.15) is 6.61 Å². The first kappa shape index (κ1) is 18.7. The molecule has 0 bridgehead atoms. The van der Waals surface area contributed by atoms with Gasteiger partial charge in [0.25, 0.3) is 10.1 Å². The fraction of sp³-hybridized carbons (Fsp3) is 0.421. The number of esters is 1. The van der Waals surface area contributed by atoms with Gasteiger partial charge in [-0.05, 0) is 17.7 Å². The second kappa shape index (κ2) is 6.25. The van der Waals surface area contributed by atoms with E-state index in [0.29, 0.717) is 6.54 Å². The van der Waals surface area contributed by atoms with Gasteiger partial charge < -0.3 is 9.64 Å². The van der Waals surface area contributed by atoms with Crippen molar-refractivity contribution in [3.8, 4) is 0 Å². The summed E-state index contributed by atoms with van der Waals surface area (Å²) in [5, 5.41) is 0. The van der Waals surface area contributed by atoms with Crippen LogP contribution in [0.3, 0.4) is 0 Å². The predicted molar refractivity (Wildman–Crippen MR) is 98.2 cm³/mol. The number of rotatable bonds is 4. The highest BCUT2D eigenvalue weighted by Gasteiger charge is 2.46. The van der Waals surface area contributed by atoms with Gasteiger partial charge in [-0.2, -0.15) is 8.42 Å². The number of fused-ring (bicyclic) bond motifs is 2. The molecule has 0 radical (unpaired) electrons. The van der Waals surface area contributed by atoms with Gasteiger partial charge >= 0.3 is 5.97 Å². The molecule has 2 aliphatic carbocycles. The molecule has 0 saturated heterocycles. The summed E-state index contributed by atoms with van der Waals surface area (Å²) in [7, 11) is -4.22. The SMILES string of the molecule is C=C1N(CCOC(C)=O)C2=C(C3C=CC(S(=O)(=O)O)=CC3C=C2)C1(C)C. The van der Waals surface area contributed by atoms with Crippen LogP contribution >= 0.6 is 0 Å². The Morgan fingerprint density at radius 3 is 2.65 bits per heavy atom. The molecule has 140 valence electrons. The molecule has 7 heteroatoms. The zero-order valence-corrected chi connectivity index (χ0v) is 15.9. The van der Waals surface area contributed by atoms with Crippen LogP contribution < -0.4 is 0 Å². The Kier molecular flexibility index (Phi) is 4.48. The first-order chi connectivity index (χ1) is 12.0. The maximum atomic E-state index is 11.4. The third kappa shape index (κ3) is 3.05. The molecule has 2 unspecified atom stereocenters. The minimum atomic E-state index is -4.22. The zero-order valence-electron chi connectivity index (χ0n) is 15.1. The Morgan fingerprint density at radius 1 is 1.35 bits per heavy atom. The Bertz CT molecular complexity index is 889. The summed E-state index contributed by atoms with van der Waals surface area (Å²) in [6.45, 7) is 10.6. The highest BCUT2D eigenvalue weighted by Crippen LogP contribution is 2.54. The molecule has 26 heavy (non-hydrogen) atoms. The fourth-order valence-electron chi connectivity index (χ4n) is 3.92. The third-order valence-electron chi connectivity index (χ3n) is 5.25. The maximum absolute atomic E-state index is 11.4. The Hall–Kier alpha value is -2.12. The number of ether oxygens (including phenoxy) is 1. The fourth-order valence-corrected chi connectivity index (χ4v) is 4.50. The molecule has 0 aromatic rings. The molecule has 2 atom stereocenters. The molecule has 6 nitrogen and oxygen atoms in total. The van der Waals surface area contributed by atoms with E-state index in [4.69, 9.17) is 4.74 Å². The molecule has 0 aromatic heterocycles. The van der Waals surface area contributed by atoms with Gasteiger partial charge in [-0.25, -0.2) is 0 Å². The number of nitrogens with zero attached hydrogens (tertiary/aromatic N) is 1. The van der Waals surface area contributed by atoms with Crippen molar-refractivity contribution in [1.29, 1.82) is 0 Å². The standard InChI is InChI=1S/C19H23NO5S/c1-12-19(3,4)18-16-7-6-15(26(22,23)24)11-14(16)5-8-17(18)20(12)9-10-25-13(2)21/h5-8,11,14,16H,1,9-10H2,2-4H3,(H,22,23,24). The summed E-state index contributed by atoms with van der Waals surface area (Å²) >= 11 is 0. The first-order valence-corrected chi connectivity index (χ1v) is 9.88. The van der Waals surface area contributed by atoms with E-state index in [1.165, 1.54) is 13.0 Å². The van der Waals surface area contributed by atoms with Crippen molar-refractivity contribution in [2.75, 3.05) is 13.2 Å². The van der Waals surface area contributed by atoms with Crippen molar-refractivity contribution in [1.82, 2.24) is 4.90 Å². The number of hydrogen-bond donors (Lipinski definition) is 1. The van der Waals surface area contributed by atoms with Gasteiger partial charge in [0.15, 0.2) is 0 Å². The second-order valence-electron chi connectivity index (χ2n) is 7.23. The van der Waals surface area contributed by atoms with E-state index in [1.54, 1.807) is 6.08 Å². The molecule has 3 rings (SSSR count). The quantitative estimate of drug-likeness (QED) is 0.599. The van der Waals surface area contributed by atoms with Gasteiger partial charge in [0.05, 0.1) is 11.4 Å². The predicted octanol–water partition coefficient (Wildman–Crippen LogP) is 2.80. The van der Waals surface area contributed by atoms with Crippen LogP contribution in [0.4, 0.5) is 0 Å². The van der Waals surface area contributed by atoms with Gasteiger partial charge in [0, 0.05) is 35.6 Å². The van der Waals surface area contributed by atoms with Crippen LogP contribution in [0.5, 0.6) is 0 Å². The van der Waals surface area contributed by atoms with Crippen LogP contribution in [0.2, 0.25) is 0 Å².